The second-order valence-electron chi connectivity index (χ2n) is 4.81. The van der Waals surface area contributed by atoms with Crippen molar-refractivity contribution in [3.8, 4) is 0 Å². The molecule has 0 aromatic heterocycles. The van der Waals surface area contributed by atoms with Crippen LogP contribution in [0.15, 0.2) is 48.5 Å². The molecule has 18 heavy (non-hydrogen) atoms. The molecule has 0 aliphatic carbocycles. The van der Waals surface area contributed by atoms with Crippen LogP contribution in [0.5, 0.6) is 0 Å². The molecule has 0 radical (unpaired) electrons. The lowest BCUT2D eigenvalue weighted by Gasteiger charge is -2.18. The first kappa shape index (κ1) is 12.6. The predicted molar refractivity (Wildman–Crippen MR) is 74.9 cm³/mol. The van der Waals surface area contributed by atoms with Crippen LogP contribution in [0.25, 0.3) is 0 Å². The van der Waals surface area contributed by atoms with Crippen molar-refractivity contribution in [2.24, 2.45) is 0 Å². The monoisotopic (exact) mass is 238 g/mol. The Morgan fingerprint density at radius 3 is 2.28 bits per heavy atom. The van der Waals surface area contributed by atoms with Gasteiger partial charge in [-0.3, -0.25) is 4.79 Å². The van der Waals surface area contributed by atoms with E-state index in [-0.39, 0.29) is 11.7 Å². The minimum Gasteiger partial charge on any atom is -0.299 e. The summed E-state index contributed by atoms with van der Waals surface area (Å²) in [6.07, 6.45) is 0. The first-order valence-corrected chi connectivity index (χ1v) is 6.22. The summed E-state index contributed by atoms with van der Waals surface area (Å²) in [5, 5.41) is 0. The van der Waals surface area contributed by atoms with E-state index < -0.39 is 0 Å². The van der Waals surface area contributed by atoms with Gasteiger partial charge in [-0.05, 0) is 37.5 Å². The van der Waals surface area contributed by atoms with Crippen molar-refractivity contribution < 1.29 is 4.79 Å². The third-order valence-electron chi connectivity index (χ3n) is 3.29. The Morgan fingerprint density at radius 2 is 1.67 bits per heavy atom. The second-order valence-corrected chi connectivity index (χ2v) is 4.81. The molecule has 1 heteroatoms. The highest BCUT2D eigenvalue weighted by Gasteiger charge is 2.20. The van der Waals surface area contributed by atoms with Crippen molar-refractivity contribution >= 4 is 5.78 Å². The zero-order valence-electron chi connectivity index (χ0n) is 11.1. The Labute approximate surface area is 108 Å². The number of ketones is 1. The minimum absolute atomic E-state index is 0.147. The van der Waals surface area contributed by atoms with Gasteiger partial charge in [-0.1, -0.05) is 54.1 Å². The molecule has 2 aromatic carbocycles. The van der Waals surface area contributed by atoms with Gasteiger partial charge < -0.3 is 0 Å². The molecule has 1 atom stereocenters. The summed E-state index contributed by atoms with van der Waals surface area (Å²) >= 11 is 0. The van der Waals surface area contributed by atoms with E-state index in [1.807, 2.05) is 30.3 Å². The van der Waals surface area contributed by atoms with Crippen LogP contribution < -0.4 is 0 Å². The molecule has 2 rings (SSSR count). The summed E-state index contributed by atoms with van der Waals surface area (Å²) in [5.41, 5.74) is 4.55. The minimum atomic E-state index is -0.147. The maximum absolute atomic E-state index is 12.0. The zero-order chi connectivity index (χ0) is 13.1. The predicted octanol–water partition coefficient (Wildman–Crippen LogP) is 4.02. The van der Waals surface area contributed by atoms with E-state index in [1.54, 1.807) is 6.92 Å². The molecule has 0 bridgehead atoms. The van der Waals surface area contributed by atoms with Gasteiger partial charge >= 0.3 is 0 Å². The maximum Gasteiger partial charge on any atom is 0.141 e. The van der Waals surface area contributed by atoms with E-state index in [4.69, 9.17) is 0 Å². The molecule has 0 spiro atoms. The molecule has 0 N–H and O–H groups in total. The molecule has 92 valence electrons. The smallest absolute Gasteiger partial charge is 0.141 e. The van der Waals surface area contributed by atoms with Crippen LogP contribution in [-0.2, 0) is 4.79 Å². The van der Waals surface area contributed by atoms with Gasteiger partial charge in [0.1, 0.15) is 5.78 Å². The van der Waals surface area contributed by atoms with E-state index in [9.17, 15) is 4.79 Å². The molecule has 1 unspecified atom stereocenters. The number of benzene rings is 2. The van der Waals surface area contributed by atoms with Crippen molar-refractivity contribution in [1.29, 1.82) is 0 Å². The lowest BCUT2D eigenvalue weighted by Crippen LogP contribution is -2.12. The largest absolute Gasteiger partial charge is 0.299 e. The molecule has 1 nitrogen and oxygen atoms in total. The van der Waals surface area contributed by atoms with Crippen molar-refractivity contribution in [3.63, 3.8) is 0 Å². The number of hydrogen-bond donors (Lipinski definition) is 0. The molecular formula is C17H18O. The highest BCUT2D eigenvalue weighted by atomic mass is 16.1. The SMILES string of the molecule is CC(=O)C(c1ccccc1)c1cc(C)ccc1C. The van der Waals surface area contributed by atoms with Gasteiger partial charge in [-0.2, -0.15) is 0 Å². The Hall–Kier alpha value is -1.89. The van der Waals surface area contributed by atoms with Gasteiger partial charge in [-0.15, -0.1) is 0 Å². The Balaban J connectivity index is 2.55. The highest BCUT2D eigenvalue weighted by molar-refractivity contribution is 5.87. The average molecular weight is 238 g/mol. The number of carbonyl (C=O) groups excluding carboxylic acids is 1. The number of Topliss-reactive ketones (excluding diaryl/α,β-unsaturated/α-hetero) is 1. The van der Waals surface area contributed by atoms with Gasteiger partial charge in [0.05, 0.1) is 5.92 Å². The van der Waals surface area contributed by atoms with Crippen molar-refractivity contribution in [2.45, 2.75) is 26.7 Å². The fourth-order valence-corrected chi connectivity index (χ4v) is 2.35. The molecule has 0 saturated carbocycles. The Kier molecular flexibility index (Phi) is 3.61. The van der Waals surface area contributed by atoms with Crippen molar-refractivity contribution in [1.82, 2.24) is 0 Å². The van der Waals surface area contributed by atoms with Crippen LogP contribution in [0.1, 0.15) is 35.1 Å². The third-order valence-corrected chi connectivity index (χ3v) is 3.29. The molecule has 2 aromatic rings. The average Bonchev–Trinajstić information content (AvgIpc) is 2.35. The van der Waals surface area contributed by atoms with E-state index in [1.165, 1.54) is 11.1 Å². The molecule has 0 amide bonds. The van der Waals surface area contributed by atoms with Crippen molar-refractivity contribution in [3.05, 3.63) is 70.8 Å². The maximum atomic E-state index is 12.0. The molecular weight excluding hydrogens is 220 g/mol. The van der Waals surface area contributed by atoms with Gasteiger partial charge in [-0.25, -0.2) is 0 Å². The van der Waals surface area contributed by atoms with Gasteiger partial charge in [0, 0.05) is 0 Å². The molecule has 0 aliphatic heterocycles. The number of hydrogen-bond acceptors (Lipinski definition) is 1. The Morgan fingerprint density at radius 1 is 1.00 bits per heavy atom. The summed E-state index contributed by atoms with van der Waals surface area (Å²) in [6.45, 7) is 5.79. The quantitative estimate of drug-likeness (QED) is 0.789. The molecule has 0 heterocycles. The van der Waals surface area contributed by atoms with Crippen LogP contribution in [0.4, 0.5) is 0 Å². The number of carbonyl (C=O) groups is 1. The third kappa shape index (κ3) is 2.51. The van der Waals surface area contributed by atoms with E-state index in [0.717, 1.165) is 11.1 Å². The van der Waals surface area contributed by atoms with Crippen LogP contribution in [0, 0.1) is 13.8 Å². The van der Waals surface area contributed by atoms with Gasteiger partial charge in [0.2, 0.25) is 0 Å². The van der Waals surface area contributed by atoms with Gasteiger partial charge in [0.25, 0.3) is 0 Å². The van der Waals surface area contributed by atoms with E-state index in [0.29, 0.717) is 0 Å². The molecule has 0 saturated heterocycles. The standard InChI is InChI=1S/C17H18O/c1-12-9-10-13(2)16(11-12)17(14(3)18)15-7-5-4-6-8-15/h4-11,17H,1-3H3. The summed E-state index contributed by atoms with van der Waals surface area (Å²) in [4.78, 5) is 12.0. The normalized spacial score (nSPS) is 12.2. The summed E-state index contributed by atoms with van der Waals surface area (Å²) in [7, 11) is 0. The molecule has 0 fully saturated rings. The van der Waals surface area contributed by atoms with E-state index in [2.05, 4.69) is 32.0 Å². The number of aryl methyl sites for hydroxylation is 2. The summed E-state index contributed by atoms with van der Waals surface area (Å²) in [5.74, 6) is 0.0426. The van der Waals surface area contributed by atoms with Gasteiger partial charge in [0.15, 0.2) is 0 Å². The number of rotatable bonds is 3. The summed E-state index contributed by atoms with van der Waals surface area (Å²) in [6, 6.07) is 16.3. The van der Waals surface area contributed by atoms with Crippen LogP contribution in [0.2, 0.25) is 0 Å². The van der Waals surface area contributed by atoms with Crippen LogP contribution in [-0.4, -0.2) is 5.78 Å². The Bertz CT molecular complexity index is 555. The topological polar surface area (TPSA) is 17.1 Å². The van der Waals surface area contributed by atoms with E-state index >= 15 is 0 Å². The first-order chi connectivity index (χ1) is 8.59. The zero-order valence-corrected chi connectivity index (χ0v) is 11.1. The van der Waals surface area contributed by atoms with Crippen molar-refractivity contribution in [2.75, 3.05) is 0 Å². The lowest BCUT2D eigenvalue weighted by molar-refractivity contribution is -0.117. The fourth-order valence-electron chi connectivity index (χ4n) is 2.35. The highest BCUT2D eigenvalue weighted by Crippen LogP contribution is 2.28. The second kappa shape index (κ2) is 5.18. The molecule has 0 aliphatic rings. The summed E-state index contributed by atoms with van der Waals surface area (Å²) < 4.78 is 0. The first-order valence-electron chi connectivity index (χ1n) is 6.22. The fraction of sp³-hybridized carbons (Fsp3) is 0.235. The van der Waals surface area contributed by atoms with Crippen LogP contribution >= 0.6 is 0 Å². The van der Waals surface area contributed by atoms with Crippen LogP contribution in [0.3, 0.4) is 0 Å². The lowest BCUT2D eigenvalue weighted by atomic mass is 9.85.